The summed E-state index contributed by atoms with van der Waals surface area (Å²) in [5.41, 5.74) is 0.484. The Bertz CT molecular complexity index is 502. The van der Waals surface area contributed by atoms with Gasteiger partial charge in [-0.1, -0.05) is 38.0 Å². The zero-order valence-corrected chi connectivity index (χ0v) is 11.7. The van der Waals surface area contributed by atoms with Crippen LogP contribution in [0.5, 0.6) is 0 Å². The number of para-hydroxylation sites is 1. The fraction of sp³-hybridized carbons (Fsp3) is 0.533. The number of hydrogen-bond donors (Lipinski definition) is 1. The molecule has 5 nitrogen and oxygen atoms in total. The third kappa shape index (κ3) is 3.56. The Morgan fingerprint density at radius 1 is 1.35 bits per heavy atom. The Balaban J connectivity index is 1.99. The first-order chi connectivity index (χ1) is 9.58. The summed E-state index contributed by atoms with van der Waals surface area (Å²) in [6.07, 6.45) is 4.57. The van der Waals surface area contributed by atoms with Crippen molar-refractivity contribution in [3.63, 3.8) is 0 Å². The molecule has 20 heavy (non-hydrogen) atoms. The molecule has 0 unspecified atom stereocenters. The van der Waals surface area contributed by atoms with Crippen LogP contribution in [0.4, 0.5) is 5.69 Å². The van der Waals surface area contributed by atoms with E-state index < -0.39 is 4.92 Å². The summed E-state index contributed by atoms with van der Waals surface area (Å²) < 4.78 is 0. The van der Waals surface area contributed by atoms with E-state index in [-0.39, 0.29) is 24.1 Å². The van der Waals surface area contributed by atoms with Crippen LogP contribution < -0.4 is 5.32 Å². The molecule has 1 aromatic rings. The van der Waals surface area contributed by atoms with Crippen LogP contribution >= 0.6 is 0 Å². The molecular formula is C15H20N2O3. The van der Waals surface area contributed by atoms with Crippen molar-refractivity contribution in [1.29, 1.82) is 0 Å². The number of rotatable bonds is 4. The lowest BCUT2D eigenvalue weighted by Crippen LogP contribution is -2.41. The van der Waals surface area contributed by atoms with Crippen molar-refractivity contribution in [2.24, 2.45) is 5.92 Å². The molecule has 0 bridgehead atoms. The Kier molecular flexibility index (Phi) is 4.71. The second-order valence-electron chi connectivity index (χ2n) is 5.50. The minimum absolute atomic E-state index is 0.0133. The van der Waals surface area contributed by atoms with Crippen molar-refractivity contribution in [3.8, 4) is 0 Å². The van der Waals surface area contributed by atoms with Crippen LogP contribution in [0.15, 0.2) is 24.3 Å². The van der Waals surface area contributed by atoms with E-state index in [0.717, 1.165) is 19.3 Å². The molecule has 0 radical (unpaired) electrons. The van der Waals surface area contributed by atoms with Crippen LogP contribution in [0.2, 0.25) is 0 Å². The second-order valence-corrected chi connectivity index (χ2v) is 5.50. The fourth-order valence-electron chi connectivity index (χ4n) is 2.80. The number of carbonyl (C=O) groups is 1. The van der Waals surface area contributed by atoms with Gasteiger partial charge >= 0.3 is 0 Å². The SMILES string of the molecule is C[C@H]1CCCC[C@@H]1NC(=O)Cc1ccccc1[N+](=O)[O-]. The highest BCUT2D eigenvalue weighted by molar-refractivity contribution is 5.80. The molecule has 1 N–H and O–H groups in total. The average Bonchev–Trinajstić information content (AvgIpc) is 2.41. The molecule has 5 heteroatoms. The van der Waals surface area contributed by atoms with Gasteiger partial charge in [-0.25, -0.2) is 0 Å². The lowest BCUT2D eigenvalue weighted by Gasteiger charge is -2.29. The first kappa shape index (κ1) is 14.5. The van der Waals surface area contributed by atoms with Crippen molar-refractivity contribution in [3.05, 3.63) is 39.9 Å². The minimum atomic E-state index is -0.439. The summed E-state index contributed by atoms with van der Waals surface area (Å²) in [5.74, 6) is 0.358. The van der Waals surface area contributed by atoms with E-state index in [1.807, 2.05) is 0 Å². The number of nitro benzene ring substituents is 1. The highest BCUT2D eigenvalue weighted by atomic mass is 16.6. The zero-order chi connectivity index (χ0) is 14.5. The average molecular weight is 276 g/mol. The van der Waals surface area contributed by atoms with Crippen LogP contribution in [0.3, 0.4) is 0 Å². The predicted octanol–water partition coefficient (Wildman–Crippen LogP) is 2.83. The highest BCUT2D eigenvalue weighted by Gasteiger charge is 2.23. The summed E-state index contributed by atoms with van der Waals surface area (Å²) in [7, 11) is 0. The Morgan fingerprint density at radius 3 is 2.75 bits per heavy atom. The van der Waals surface area contributed by atoms with Crippen molar-refractivity contribution in [2.75, 3.05) is 0 Å². The molecule has 1 fully saturated rings. The van der Waals surface area contributed by atoms with E-state index in [4.69, 9.17) is 0 Å². The summed E-state index contributed by atoms with van der Waals surface area (Å²) in [4.78, 5) is 22.5. The van der Waals surface area contributed by atoms with Gasteiger partial charge in [0.2, 0.25) is 5.91 Å². The smallest absolute Gasteiger partial charge is 0.273 e. The Hall–Kier alpha value is -1.91. The number of hydrogen-bond acceptors (Lipinski definition) is 3. The minimum Gasteiger partial charge on any atom is -0.353 e. The number of nitrogens with zero attached hydrogens (tertiary/aromatic N) is 1. The molecule has 1 aromatic carbocycles. The maximum atomic E-state index is 12.1. The van der Waals surface area contributed by atoms with Gasteiger partial charge in [0.05, 0.1) is 11.3 Å². The first-order valence-electron chi connectivity index (χ1n) is 7.09. The largest absolute Gasteiger partial charge is 0.353 e. The molecule has 1 aliphatic rings. The van der Waals surface area contributed by atoms with Crippen molar-refractivity contribution in [2.45, 2.75) is 45.1 Å². The molecule has 0 aliphatic heterocycles. The summed E-state index contributed by atoms with van der Waals surface area (Å²) >= 11 is 0. The zero-order valence-electron chi connectivity index (χ0n) is 11.7. The highest BCUT2D eigenvalue weighted by Crippen LogP contribution is 2.24. The third-order valence-corrected chi connectivity index (χ3v) is 4.00. The van der Waals surface area contributed by atoms with Crippen LogP contribution in [-0.2, 0) is 11.2 Å². The fourth-order valence-corrected chi connectivity index (χ4v) is 2.80. The number of nitro groups is 1. The van der Waals surface area contributed by atoms with Gasteiger partial charge in [-0.15, -0.1) is 0 Å². The van der Waals surface area contributed by atoms with Gasteiger partial charge in [0, 0.05) is 17.7 Å². The van der Waals surface area contributed by atoms with Crippen LogP contribution in [0.1, 0.15) is 38.2 Å². The summed E-state index contributed by atoms with van der Waals surface area (Å²) in [6.45, 7) is 2.15. The van der Waals surface area contributed by atoms with Crippen LogP contribution in [0.25, 0.3) is 0 Å². The molecule has 0 spiro atoms. The van der Waals surface area contributed by atoms with Crippen LogP contribution in [0, 0.1) is 16.0 Å². The van der Waals surface area contributed by atoms with Gasteiger partial charge in [-0.05, 0) is 18.8 Å². The van der Waals surface area contributed by atoms with Crippen molar-refractivity contribution < 1.29 is 9.72 Å². The van der Waals surface area contributed by atoms with E-state index >= 15 is 0 Å². The van der Waals surface area contributed by atoms with Crippen LogP contribution in [-0.4, -0.2) is 16.9 Å². The van der Waals surface area contributed by atoms with Gasteiger partial charge < -0.3 is 5.32 Å². The van der Waals surface area contributed by atoms with E-state index in [9.17, 15) is 14.9 Å². The van der Waals surface area contributed by atoms with Gasteiger partial charge in [-0.2, -0.15) is 0 Å². The number of amides is 1. The monoisotopic (exact) mass is 276 g/mol. The van der Waals surface area contributed by atoms with Crippen molar-refractivity contribution in [1.82, 2.24) is 5.32 Å². The number of carbonyl (C=O) groups excluding carboxylic acids is 1. The molecule has 2 atom stereocenters. The van der Waals surface area contributed by atoms with Crippen molar-refractivity contribution >= 4 is 11.6 Å². The molecule has 0 aromatic heterocycles. The molecule has 1 amide bonds. The van der Waals surface area contributed by atoms with Gasteiger partial charge in [0.25, 0.3) is 5.69 Å². The van der Waals surface area contributed by atoms with E-state index in [1.165, 1.54) is 12.5 Å². The molecule has 108 valence electrons. The Labute approximate surface area is 118 Å². The first-order valence-corrected chi connectivity index (χ1v) is 7.09. The number of nitrogens with one attached hydrogen (secondary N) is 1. The maximum absolute atomic E-state index is 12.1. The third-order valence-electron chi connectivity index (χ3n) is 4.00. The quantitative estimate of drug-likeness (QED) is 0.679. The van der Waals surface area contributed by atoms with E-state index in [2.05, 4.69) is 12.2 Å². The Morgan fingerprint density at radius 2 is 2.05 bits per heavy atom. The molecule has 1 aliphatic carbocycles. The molecule has 0 saturated heterocycles. The molecule has 1 saturated carbocycles. The molecule has 2 rings (SSSR count). The lowest BCUT2D eigenvalue weighted by molar-refractivity contribution is -0.385. The predicted molar refractivity (Wildman–Crippen MR) is 76.4 cm³/mol. The maximum Gasteiger partial charge on any atom is 0.273 e. The molecular weight excluding hydrogens is 256 g/mol. The molecule has 0 heterocycles. The summed E-state index contributed by atoms with van der Waals surface area (Å²) in [6, 6.07) is 6.62. The lowest BCUT2D eigenvalue weighted by atomic mass is 9.86. The van der Waals surface area contributed by atoms with Gasteiger partial charge in [0.15, 0.2) is 0 Å². The number of benzene rings is 1. The van der Waals surface area contributed by atoms with E-state index in [1.54, 1.807) is 18.2 Å². The van der Waals surface area contributed by atoms with Gasteiger partial charge in [0.1, 0.15) is 0 Å². The standard InChI is InChI=1S/C15H20N2O3/c1-11-6-2-4-8-13(11)16-15(18)10-12-7-3-5-9-14(12)17(19)20/h3,5,7,9,11,13H,2,4,6,8,10H2,1H3,(H,16,18)/t11-,13-/m0/s1. The topological polar surface area (TPSA) is 72.2 Å². The van der Waals surface area contributed by atoms with Gasteiger partial charge in [-0.3, -0.25) is 14.9 Å². The summed E-state index contributed by atoms with van der Waals surface area (Å²) in [5, 5.41) is 13.9. The second kappa shape index (κ2) is 6.50. The van der Waals surface area contributed by atoms with E-state index in [0.29, 0.717) is 11.5 Å². The normalized spacial score (nSPS) is 22.2.